The number of carbonyl (C=O) groups excluding carboxylic acids is 4. The number of methoxy groups -OCH3 is 4. The van der Waals surface area contributed by atoms with E-state index in [1.54, 1.807) is 38.6 Å². The lowest BCUT2D eigenvalue weighted by molar-refractivity contribution is -0.142. The standard InChI is InChI=1S/C42H52N10O8/c1-21(57-3)32(49-41(55)59-5)39(53)51-28-13-11-25(15-28)34(51)37-45-19-30(47-37)23-7-9-24(10-8-23)36-43-17-27(18-44-36)31-20-46-38(48-31)35-26-12-14-29(16-26)52(35)40(54)33(22(2)58-4)50-42(56)60-6/h7-10,17-22,25-26,28-29,32-35H,11-16H2,1-6H3,(H,45,47)(H,46,48)(H,49,55)(H,50,56)/t21-,22-,25+,26+,28-,29-,32+,33+,34+,35+/m1/s1. The summed E-state index contributed by atoms with van der Waals surface area (Å²) in [4.78, 5) is 81.8. The van der Waals surface area contributed by atoms with Gasteiger partial charge in [-0.05, 0) is 69.8 Å². The number of imidazole rings is 2. The van der Waals surface area contributed by atoms with Crippen LogP contribution in [0.4, 0.5) is 9.59 Å². The van der Waals surface area contributed by atoms with Crippen LogP contribution in [0.25, 0.3) is 33.9 Å². The van der Waals surface area contributed by atoms with Gasteiger partial charge in [0.25, 0.3) is 0 Å². The quantitative estimate of drug-likeness (QED) is 0.146. The van der Waals surface area contributed by atoms with E-state index in [1.165, 1.54) is 28.4 Å². The van der Waals surface area contributed by atoms with E-state index < -0.39 is 36.5 Å². The lowest BCUT2D eigenvalue weighted by atomic mass is 9.97. The van der Waals surface area contributed by atoms with Gasteiger partial charge in [-0.2, -0.15) is 0 Å². The Morgan fingerprint density at radius 1 is 0.617 bits per heavy atom. The average Bonchev–Trinajstić information content (AvgIpc) is 4.16. The Morgan fingerprint density at radius 3 is 1.48 bits per heavy atom. The monoisotopic (exact) mass is 824 g/mol. The Bertz CT molecular complexity index is 2040. The summed E-state index contributed by atoms with van der Waals surface area (Å²) in [6.45, 7) is 3.49. The van der Waals surface area contributed by atoms with Gasteiger partial charge in [-0.15, -0.1) is 0 Å². The van der Waals surface area contributed by atoms with E-state index in [1.807, 2.05) is 34.1 Å². The van der Waals surface area contributed by atoms with E-state index in [-0.39, 0.29) is 47.8 Å². The Morgan fingerprint density at radius 2 is 1.05 bits per heavy atom. The number of carbonyl (C=O) groups is 4. The molecule has 318 valence electrons. The molecule has 0 spiro atoms. The third-order valence-electron chi connectivity index (χ3n) is 13.0. The Labute approximate surface area is 347 Å². The number of aromatic nitrogens is 6. The van der Waals surface area contributed by atoms with Gasteiger partial charge >= 0.3 is 12.2 Å². The molecule has 4 amide bonds. The van der Waals surface area contributed by atoms with E-state index in [0.29, 0.717) is 17.5 Å². The zero-order valence-electron chi connectivity index (χ0n) is 34.6. The summed E-state index contributed by atoms with van der Waals surface area (Å²) in [7, 11) is 5.54. The molecule has 10 atom stereocenters. The molecule has 60 heavy (non-hydrogen) atoms. The fourth-order valence-corrected chi connectivity index (χ4v) is 9.72. The largest absolute Gasteiger partial charge is 0.453 e. The summed E-state index contributed by atoms with van der Waals surface area (Å²) in [5.74, 6) is 1.97. The van der Waals surface area contributed by atoms with Crippen LogP contribution < -0.4 is 10.6 Å². The van der Waals surface area contributed by atoms with Gasteiger partial charge in [-0.3, -0.25) is 9.59 Å². The molecule has 8 rings (SSSR count). The van der Waals surface area contributed by atoms with Gasteiger partial charge in [0, 0.05) is 49.8 Å². The molecule has 2 saturated carbocycles. The van der Waals surface area contributed by atoms with E-state index in [2.05, 4.69) is 30.6 Å². The molecule has 4 N–H and O–H groups in total. The van der Waals surface area contributed by atoms with Crippen LogP contribution in [0.2, 0.25) is 0 Å². The number of nitrogens with zero attached hydrogens (tertiary/aromatic N) is 6. The molecule has 4 aromatic rings. The summed E-state index contributed by atoms with van der Waals surface area (Å²) in [6, 6.07) is 5.61. The highest BCUT2D eigenvalue weighted by Gasteiger charge is 2.53. The topological polar surface area (TPSA) is 219 Å². The van der Waals surface area contributed by atoms with Gasteiger partial charge in [0.05, 0.1) is 62.3 Å². The summed E-state index contributed by atoms with van der Waals surface area (Å²) in [5, 5.41) is 5.33. The predicted molar refractivity (Wildman–Crippen MR) is 216 cm³/mol. The highest BCUT2D eigenvalue weighted by molar-refractivity contribution is 5.88. The second-order valence-electron chi connectivity index (χ2n) is 16.2. The minimum atomic E-state index is -0.913. The van der Waals surface area contributed by atoms with Gasteiger partial charge < -0.3 is 49.3 Å². The first-order valence-corrected chi connectivity index (χ1v) is 20.4. The molecule has 18 heteroatoms. The lowest BCUT2D eigenvalue weighted by Gasteiger charge is -2.37. The van der Waals surface area contributed by atoms with Crippen LogP contribution in [0.5, 0.6) is 0 Å². The first-order chi connectivity index (χ1) is 29.0. The number of hydrogen-bond donors (Lipinski definition) is 4. The number of piperidine rings is 2. The summed E-state index contributed by atoms with van der Waals surface area (Å²) in [5.41, 5.74) is 4.02. The molecule has 4 fully saturated rings. The highest BCUT2D eigenvalue weighted by Crippen LogP contribution is 2.51. The number of benzene rings is 1. The first kappa shape index (κ1) is 40.9. The third-order valence-corrected chi connectivity index (χ3v) is 13.0. The SMILES string of the molecule is COC(=O)N[C@H](C(=O)N1[C@@H]2CC[C@@H](C2)[C@H]1c1ncc(-c2ccc(-c3ncc(-c4cnc([C@@H]5[C@H]6CC[C@H](C6)N5C(=O)[C@@H](NC(=O)OC)[C@@H](C)OC)[nH]4)cn3)cc2)[nH]1)[C@@H](C)OC. The Balaban J connectivity index is 0.953. The molecule has 2 saturated heterocycles. The second kappa shape index (κ2) is 17.0. The van der Waals surface area contributed by atoms with Crippen molar-refractivity contribution in [3.8, 4) is 33.9 Å². The number of rotatable bonds is 13. The maximum Gasteiger partial charge on any atom is 0.407 e. The number of nitrogens with one attached hydrogen (secondary N) is 4. The van der Waals surface area contributed by atoms with Gasteiger partial charge in [0.2, 0.25) is 11.8 Å². The van der Waals surface area contributed by atoms with Crippen LogP contribution >= 0.6 is 0 Å². The number of H-pyrrole nitrogens is 2. The molecule has 1 aromatic carbocycles. The van der Waals surface area contributed by atoms with Crippen molar-refractivity contribution in [1.82, 2.24) is 50.3 Å². The molecule has 4 bridgehead atoms. The molecular formula is C42H52N10O8. The van der Waals surface area contributed by atoms with Crippen molar-refractivity contribution in [3.63, 3.8) is 0 Å². The first-order valence-electron chi connectivity index (χ1n) is 20.4. The Kier molecular flexibility index (Phi) is 11.6. The van der Waals surface area contributed by atoms with Gasteiger partial charge in [0.15, 0.2) is 5.82 Å². The van der Waals surface area contributed by atoms with Crippen molar-refractivity contribution in [1.29, 1.82) is 0 Å². The molecule has 0 unspecified atom stereocenters. The number of likely N-dealkylation sites (tertiary alicyclic amines) is 2. The van der Waals surface area contributed by atoms with Crippen LogP contribution in [0.15, 0.2) is 49.1 Å². The maximum absolute atomic E-state index is 14.0. The fraction of sp³-hybridized carbons (Fsp3) is 0.524. The number of ether oxygens (including phenoxy) is 4. The minimum absolute atomic E-state index is 0.0429. The summed E-state index contributed by atoms with van der Waals surface area (Å²) >= 11 is 0. The molecule has 2 aliphatic carbocycles. The third kappa shape index (κ3) is 7.57. The predicted octanol–water partition coefficient (Wildman–Crippen LogP) is 4.55. The van der Waals surface area contributed by atoms with E-state index in [9.17, 15) is 19.2 Å². The molecule has 3 aromatic heterocycles. The van der Waals surface area contributed by atoms with E-state index in [4.69, 9.17) is 28.9 Å². The zero-order chi connectivity index (χ0) is 42.2. The normalized spacial score (nSPS) is 24.8. The van der Waals surface area contributed by atoms with Crippen LogP contribution in [0.3, 0.4) is 0 Å². The molecule has 5 heterocycles. The molecule has 4 aliphatic rings. The zero-order valence-corrected chi connectivity index (χ0v) is 34.6. The van der Waals surface area contributed by atoms with Crippen molar-refractivity contribution < 1.29 is 38.1 Å². The second-order valence-corrected chi connectivity index (χ2v) is 16.2. The molecular weight excluding hydrogens is 773 g/mol. The number of hydrogen-bond acceptors (Lipinski definition) is 12. The van der Waals surface area contributed by atoms with Gasteiger partial charge in [-0.25, -0.2) is 29.5 Å². The van der Waals surface area contributed by atoms with Crippen molar-refractivity contribution in [2.45, 2.75) is 101 Å². The fourth-order valence-electron chi connectivity index (χ4n) is 9.72. The van der Waals surface area contributed by atoms with Crippen LogP contribution in [0, 0.1) is 11.8 Å². The highest BCUT2D eigenvalue weighted by atomic mass is 16.5. The average molecular weight is 825 g/mol. The minimum Gasteiger partial charge on any atom is -0.453 e. The number of alkyl carbamates (subject to hydrolysis) is 2. The van der Waals surface area contributed by atoms with Crippen molar-refractivity contribution in [3.05, 3.63) is 60.7 Å². The summed E-state index contributed by atoms with van der Waals surface area (Å²) < 4.78 is 20.5. The van der Waals surface area contributed by atoms with E-state index >= 15 is 0 Å². The van der Waals surface area contributed by atoms with Crippen molar-refractivity contribution >= 4 is 24.0 Å². The lowest BCUT2D eigenvalue weighted by Crippen LogP contribution is -2.56. The van der Waals surface area contributed by atoms with Gasteiger partial charge in [-0.1, -0.05) is 24.3 Å². The Hall–Kier alpha value is -5.88. The van der Waals surface area contributed by atoms with Crippen LogP contribution in [0.1, 0.15) is 76.1 Å². The van der Waals surface area contributed by atoms with Crippen molar-refractivity contribution in [2.24, 2.45) is 11.8 Å². The van der Waals surface area contributed by atoms with Crippen LogP contribution in [-0.2, 0) is 28.5 Å². The number of aromatic amines is 2. The summed E-state index contributed by atoms with van der Waals surface area (Å²) in [6.07, 6.45) is 10.0. The number of amides is 4. The smallest absolute Gasteiger partial charge is 0.407 e. The van der Waals surface area contributed by atoms with Crippen LogP contribution in [-0.4, -0.2) is 129 Å². The van der Waals surface area contributed by atoms with Gasteiger partial charge in [0.1, 0.15) is 23.7 Å². The van der Waals surface area contributed by atoms with E-state index in [0.717, 1.165) is 66.6 Å². The van der Waals surface area contributed by atoms with Crippen molar-refractivity contribution in [2.75, 3.05) is 28.4 Å². The molecule has 18 nitrogen and oxygen atoms in total. The molecule has 2 aliphatic heterocycles. The number of fused-ring (bicyclic) bond motifs is 4. The maximum atomic E-state index is 14.0. The molecule has 0 radical (unpaired) electrons.